The minimum absolute atomic E-state index is 0.264. The van der Waals surface area contributed by atoms with Crippen LogP contribution >= 0.6 is 0 Å². The second-order valence-electron chi connectivity index (χ2n) is 5.42. The van der Waals surface area contributed by atoms with Crippen molar-refractivity contribution in [3.05, 3.63) is 12.2 Å². The van der Waals surface area contributed by atoms with Crippen molar-refractivity contribution in [3.8, 4) is 0 Å². The van der Waals surface area contributed by atoms with Gasteiger partial charge in [0.15, 0.2) is 0 Å². The summed E-state index contributed by atoms with van der Waals surface area (Å²) in [5.74, 6) is 1.62. The highest BCUT2D eigenvalue weighted by molar-refractivity contribution is 5.03. The monoisotopic (exact) mass is 193 g/mol. The van der Waals surface area contributed by atoms with E-state index in [2.05, 4.69) is 42.5 Å². The van der Waals surface area contributed by atoms with Crippen LogP contribution in [0.15, 0.2) is 6.33 Å². The van der Waals surface area contributed by atoms with E-state index >= 15 is 0 Å². The van der Waals surface area contributed by atoms with Crippen molar-refractivity contribution in [1.29, 1.82) is 0 Å². The van der Waals surface area contributed by atoms with Crippen LogP contribution in [0.5, 0.6) is 0 Å². The van der Waals surface area contributed by atoms with Crippen LogP contribution in [0.3, 0.4) is 0 Å². The molecule has 3 nitrogen and oxygen atoms in total. The Hall–Kier alpha value is -0.860. The van der Waals surface area contributed by atoms with Gasteiger partial charge >= 0.3 is 0 Å². The van der Waals surface area contributed by atoms with E-state index in [4.69, 9.17) is 0 Å². The van der Waals surface area contributed by atoms with E-state index in [9.17, 15) is 0 Å². The third-order valence-corrected chi connectivity index (χ3v) is 3.23. The summed E-state index contributed by atoms with van der Waals surface area (Å²) in [4.78, 5) is 0. The van der Waals surface area contributed by atoms with Crippen LogP contribution in [-0.4, -0.2) is 14.8 Å². The number of aromatic nitrogens is 3. The molecule has 1 aliphatic rings. The molecular formula is C11H19N3. The van der Waals surface area contributed by atoms with Gasteiger partial charge in [-0.3, -0.25) is 0 Å². The molecule has 1 aliphatic carbocycles. The Labute approximate surface area is 85.5 Å². The molecule has 1 unspecified atom stereocenters. The van der Waals surface area contributed by atoms with Gasteiger partial charge in [-0.2, -0.15) is 0 Å². The maximum atomic E-state index is 4.26. The topological polar surface area (TPSA) is 30.7 Å². The maximum absolute atomic E-state index is 4.26. The first-order valence-electron chi connectivity index (χ1n) is 5.39. The van der Waals surface area contributed by atoms with Gasteiger partial charge in [-0.25, -0.2) is 0 Å². The Morgan fingerprint density at radius 2 is 2.07 bits per heavy atom. The van der Waals surface area contributed by atoms with E-state index in [0.717, 1.165) is 5.82 Å². The minimum Gasteiger partial charge on any atom is -0.314 e. The average molecular weight is 193 g/mol. The predicted molar refractivity (Wildman–Crippen MR) is 56.2 cm³/mol. The molecule has 3 heteroatoms. The lowest BCUT2D eigenvalue weighted by molar-refractivity contribution is 0.319. The first-order valence-corrected chi connectivity index (χ1v) is 5.39. The summed E-state index contributed by atoms with van der Waals surface area (Å²) < 4.78 is 2.26. The molecule has 1 aromatic heterocycles. The van der Waals surface area contributed by atoms with Crippen LogP contribution < -0.4 is 0 Å². The van der Waals surface area contributed by atoms with Gasteiger partial charge in [-0.15, -0.1) is 10.2 Å². The van der Waals surface area contributed by atoms with Crippen molar-refractivity contribution >= 4 is 0 Å². The summed E-state index contributed by atoms with van der Waals surface area (Å²) in [6, 6.07) is 0.685. The molecule has 1 heterocycles. The SMILES string of the molecule is CC(c1nncn1C1CC1)C(C)(C)C. The highest BCUT2D eigenvalue weighted by atomic mass is 15.3. The molecule has 2 rings (SSSR count). The van der Waals surface area contributed by atoms with Gasteiger partial charge in [0, 0.05) is 12.0 Å². The fourth-order valence-electron chi connectivity index (χ4n) is 1.58. The molecule has 1 aromatic rings. The van der Waals surface area contributed by atoms with Crippen molar-refractivity contribution in [1.82, 2.24) is 14.8 Å². The zero-order valence-corrected chi connectivity index (χ0v) is 9.49. The van der Waals surface area contributed by atoms with Gasteiger partial charge in [0.05, 0.1) is 0 Å². The van der Waals surface area contributed by atoms with Crippen LogP contribution in [0, 0.1) is 5.41 Å². The van der Waals surface area contributed by atoms with Gasteiger partial charge in [0.1, 0.15) is 12.2 Å². The third kappa shape index (κ3) is 1.68. The summed E-state index contributed by atoms with van der Waals surface area (Å²) >= 11 is 0. The molecule has 1 saturated carbocycles. The smallest absolute Gasteiger partial charge is 0.136 e. The lowest BCUT2D eigenvalue weighted by atomic mass is 9.81. The second-order valence-corrected chi connectivity index (χ2v) is 5.42. The molecule has 0 aromatic carbocycles. The van der Waals surface area contributed by atoms with Crippen LogP contribution in [-0.2, 0) is 0 Å². The molecule has 0 bridgehead atoms. The molecule has 78 valence electrons. The Morgan fingerprint density at radius 1 is 1.43 bits per heavy atom. The van der Waals surface area contributed by atoms with Crippen LogP contribution in [0.4, 0.5) is 0 Å². The van der Waals surface area contributed by atoms with E-state index in [-0.39, 0.29) is 5.41 Å². The average Bonchev–Trinajstić information content (AvgIpc) is 2.81. The highest BCUT2D eigenvalue weighted by Gasteiger charge is 2.31. The lowest BCUT2D eigenvalue weighted by Crippen LogP contribution is -2.19. The van der Waals surface area contributed by atoms with Crippen molar-refractivity contribution in [2.45, 2.75) is 52.5 Å². The van der Waals surface area contributed by atoms with Crippen molar-refractivity contribution in [2.24, 2.45) is 5.41 Å². The largest absolute Gasteiger partial charge is 0.314 e. The van der Waals surface area contributed by atoms with Crippen LogP contribution in [0.1, 0.15) is 58.3 Å². The minimum atomic E-state index is 0.264. The fraction of sp³-hybridized carbons (Fsp3) is 0.818. The molecule has 14 heavy (non-hydrogen) atoms. The molecule has 0 saturated heterocycles. The second kappa shape index (κ2) is 3.07. The van der Waals surface area contributed by atoms with E-state index < -0.39 is 0 Å². The number of hydrogen-bond acceptors (Lipinski definition) is 2. The summed E-state index contributed by atoms with van der Waals surface area (Å²) in [6.07, 6.45) is 4.47. The van der Waals surface area contributed by atoms with Gasteiger partial charge in [-0.05, 0) is 18.3 Å². The fourth-order valence-corrected chi connectivity index (χ4v) is 1.58. The summed E-state index contributed by atoms with van der Waals surface area (Å²) in [6.45, 7) is 9.00. The highest BCUT2D eigenvalue weighted by Crippen LogP contribution is 2.40. The standard InChI is InChI=1S/C11H19N3/c1-8(11(2,3)4)10-13-12-7-14(10)9-5-6-9/h7-9H,5-6H2,1-4H3. The van der Waals surface area contributed by atoms with Crippen molar-refractivity contribution in [3.63, 3.8) is 0 Å². The molecule has 1 fully saturated rings. The zero-order chi connectivity index (χ0) is 10.3. The quantitative estimate of drug-likeness (QED) is 0.723. The molecule has 0 radical (unpaired) electrons. The summed E-state index contributed by atoms with van der Waals surface area (Å²) in [7, 11) is 0. The van der Waals surface area contributed by atoms with E-state index in [1.807, 2.05) is 6.33 Å². The van der Waals surface area contributed by atoms with E-state index in [0.29, 0.717) is 12.0 Å². The van der Waals surface area contributed by atoms with E-state index in [1.54, 1.807) is 0 Å². The zero-order valence-electron chi connectivity index (χ0n) is 9.49. The van der Waals surface area contributed by atoms with Crippen molar-refractivity contribution in [2.75, 3.05) is 0 Å². The first kappa shape index (κ1) is 9.69. The van der Waals surface area contributed by atoms with Crippen LogP contribution in [0.25, 0.3) is 0 Å². The summed E-state index contributed by atoms with van der Waals surface area (Å²) in [5, 5.41) is 8.29. The van der Waals surface area contributed by atoms with E-state index in [1.165, 1.54) is 12.8 Å². The lowest BCUT2D eigenvalue weighted by Gasteiger charge is -2.26. The van der Waals surface area contributed by atoms with Crippen LogP contribution in [0.2, 0.25) is 0 Å². The molecule has 0 N–H and O–H groups in total. The molecule has 1 atom stereocenters. The third-order valence-electron chi connectivity index (χ3n) is 3.23. The number of hydrogen-bond donors (Lipinski definition) is 0. The number of nitrogens with zero attached hydrogens (tertiary/aromatic N) is 3. The molecule has 0 amide bonds. The molecule has 0 aliphatic heterocycles. The number of rotatable bonds is 2. The molecule has 0 spiro atoms. The first-order chi connectivity index (χ1) is 6.50. The Morgan fingerprint density at radius 3 is 2.57 bits per heavy atom. The van der Waals surface area contributed by atoms with Gasteiger partial charge < -0.3 is 4.57 Å². The predicted octanol–water partition coefficient (Wildman–Crippen LogP) is 2.76. The van der Waals surface area contributed by atoms with Gasteiger partial charge in [-0.1, -0.05) is 27.7 Å². The Bertz CT molecular complexity index is 318. The van der Waals surface area contributed by atoms with Gasteiger partial charge in [0.25, 0.3) is 0 Å². The molecular weight excluding hydrogens is 174 g/mol. The van der Waals surface area contributed by atoms with Crippen molar-refractivity contribution < 1.29 is 0 Å². The normalized spacial score (nSPS) is 19.7. The Kier molecular flexibility index (Phi) is 2.13. The Balaban J connectivity index is 2.26. The summed E-state index contributed by atoms with van der Waals surface area (Å²) in [5.41, 5.74) is 0.264. The van der Waals surface area contributed by atoms with Gasteiger partial charge in [0.2, 0.25) is 0 Å². The maximum Gasteiger partial charge on any atom is 0.136 e.